The Morgan fingerprint density at radius 1 is 0.519 bits per heavy atom. The summed E-state index contributed by atoms with van der Waals surface area (Å²) in [7, 11) is 0. The van der Waals surface area contributed by atoms with Crippen LogP contribution >= 0.6 is 0 Å². The zero-order chi connectivity index (χ0) is 18.7. The Bertz CT molecular complexity index is 632. The molecule has 0 spiro atoms. The molecule has 2 fully saturated rings. The van der Waals surface area contributed by atoms with E-state index in [1.807, 2.05) is 0 Å². The van der Waals surface area contributed by atoms with Crippen molar-refractivity contribution in [2.45, 2.75) is 69.0 Å². The summed E-state index contributed by atoms with van der Waals surface area (Å²) in [5.74, 6) is 1.07. The third kappa shape index (κ3) is 3.58. The highest BCUT2D eigenvalue weighted by atomic mass is 16.3. The summed E-state index contributed by atoms with van der Waals surface area (Å²) in [6.45, 7) is 0. The second-order valence-electron chi connectivity index (χ2n) is 8.61. The zero-order valence-corrected chi connectivity index (χ0v) is 16.1. The van der Waals surface area contributed by atoms with E-state index in [2.05, 4.69) is 60.7 Å². The fourth-order valence-electron chi connectivity index (χ4n) is 5.93. The molecule has 0 unspecified atom stereocenters. The molecule has 2 aliphatic carbocycles. The molecule has 2 aromatic carbocycles. The first-order valence-corrected chi connectivity index (χ1v) is 10.7. The van der Waals surface area contributed by atoms with Crippen LogP contribution in [-0.4, -0.2) is 22.4 Å². The average molecular weight is 365 g/mol. The van der Waals surface area contributed by atoms with E-state index in [0.717, 1.165) is 51.4 Å². The van der Waals surface area contributed by atoms with Crippen molar-refractivity contribution in [1.82, 2.24) is 0 Å². The molecule has 2 saturated carbocycles. The van der Waals surface area contributed by atoms with Crippen LogP contribution in [0.5, 0.6) is 0 Å². The van der Waals surface area contributed by atoms with E-state index >= 15 is 0 Å². The molecule has 0 heterocycles. The summed E-state index contributed by atoms with van der Waals surface area (Å²) in [4.78, 5) is 0. The molecular weight excluding hydrogens is 332 g/mol. The molecule has 0 aromatic heterocycles. The Labute approximate surface area is 163 Å². The number of hydrogen-bond acceptors (Lipinski definition) is 2. The van der Waals surface area contributed by atoms with Gasteiger partial charge in [-0.2, -0.15) is 0 Å². The molecule has 0 amide bonds. The largest absolute Gasteiger partial charge is 0.393 e. The highest BCUT2D eigenvalue weighted by molar-refractivity contribution is 5.42. The molecule has 2 nitrogen and oxygen atoms in total. The number of aliphatic hydroxyl groups is 2. The maximum absolute atomic E-state index is 10.1. The average Bonchev–Trinajstić information content (AvgIpc) is 2.73. The Balaban J connectivity index is 1.85. The first kappa shape index (κ1) is 18.7. The molecular formula is C25H32O2. The summed E-state index contributed by atoms with van der Waals surface area (Å²) in [6, 6.07) is 22.1. The second kappa shape index (κ2) is 8.16. The van der Waals surface area contributed by atoms with E-state index in [0.29, 0.717) is 11.8 Å². The van der Waals surface area contributed by atoms with Crippen LogP contribution in [-0.2, 0) is 5.41 Å². The number of aliphatic hydroxyl groups excluding tert-OH is 2. The molecule has 0 aliphatic heterocycles. The molecule has 0 saturated heterocycles. The maximum Gasteiger partial charge on any atom is 0.0540 e. The number of hydrogen-bond donors (Lipinski definition) is 2. The van der Waals surface area contributed by atoms with Crippen LogP contribution in [0, 0.1) is 11.8 Å². The van der Waals surface area contributed by atoms with Gasteiger partial charge < -0.3 is 10.2 Å². The van der Waals surface area contributed by atoms with Gasteiger partial charge >= 0.3 is 0 Å². The van der Waals surface area contributed by atoms with Crippen LogP contribution in [0.25, 0.3) is 0 Å². The van der Waals surface area contributed by atoms with Crippen LogP contribution < -0.4 is 0 Å². The molecule has 0 radical (unpaired) electrons. The number of rotatable bonds is 4. The van der Waals surface area contributed by atoms with E-state index in [-0.39, 0.29) is 17.6 Å². The van der Waals surface area contributed by atoms with Gasteiger partial charge in [0.2, 0.25) is 0 Å². The van der Waals surface area contributed by atoms with Crippen molar-refractivity contribution in [2.24, 2.45) is 11.8 Å². The molecule has 2 aromatic rings. The molecule has 144 valence electrons. The lowest BCUT2D eigenvalue weighted by Crippen LogP contribution is -2.47. The topological polar surface area (TPSA) is 40.5 Å². The van der Waals surface area contributed by atoms with Gasteiger partial charge in [-0.1, -0.05) is 60.7 Å². The van der Waals surface area contributed by atoms with Gasteiger partial charge in [-0.25, -0.2) is 0 Å². The Kier molecular flexibility index (Phi) is 5.66. The van der Waals surface area contributed by atoms with Crippen molar-refractivity contribution in [3.05, 3.63) is 71.8 Å². The lowest BCUT2D eigenvalue weighted by atomic mass is 9.53. The summed E-state index contributed by atoms with van der Waals surface area (Å²) >= 11 is 0. The Hall–Kier alpha value is -1.64. The Morgan fingerprint density at radius 2 is 0.852 bits per heavy atom. The monoisotopic (exact) mass is 364 g/mol. The molecule has 0 atom stereocenters. The van der Waals surface area contributed by atoms with Gasteiger partial charge in [-0.05, 0) is 74.3 Å². The second-order valence-corrected chi connectivity index (χ2v) is 8.61. The van der Waals surface area contributed by atoms with Gasteiger partial charge in [-0.3, -0.25) is 0 Å². The smallest absolute Gasteiger partial charge is 0.0540 e. The summed E-state index contributed by atoms with van der Waals surface area (Å²) < 4.78 is 0. The lowest BCUT2D eigenvalue weighted by Gasteiger charge is -2.51. The first-order chi connectivity index (χ1) is 13.2. The zero-order valence-electron chi connectivity index (χ0n) is 16.1. The van der Waals surface area contributed by atoms with E-state index in [4.69, 9.17) is 0 Å². The predicted octanol–water partition coefficient (Wildman–Crippen LogP) is 5.07. The molecule has 2 N–H and O–H groups in total. The van der Waals surface area contributed by atoms with Crippen LogP contribution in [0.4, 0.5) is 0 Å². The molecule has 0 bridgehead atoms. The van der Waals surface area contributed by atoms with E-state index in [9.17, 15) is 10.2 Å². The van der Waals surface area contributed by atoms with Crippen molar-refractivity contribution in [1.29, 1.82) is 0 Å². The predicted molar refractivity (Wildman–Crippen MR) is 110 cm³/mol. The minimum atomic E-state index is -0.140. The number of benzene rings is 2. The van der Waals surface area contributed by atoms with E-state index in [1.165, 1.54) is 11.1 Å². The van der Waals surface area contributed by atoms with Crippen LogP contribution in [0.3, 0.4) is 0 Å². The molecule has 4 rings (SSSR count). The highest BCUT2D eigenvalue weighted by Gasteiger charge is 2.49. The minimum Gasteiger partial charge on any atom is -0.393 e. The third-order valence-electron chi connectivity index (χ3n) is 7.18. The first-order valence-electron chi connectivity index (χ1n) is 10.7. The van der Waals surface area contributed by atoms with Crippen molar-refractivity contribution >= 4 is 0 Å². The standard InChI is InChI=1S/C25H32O2/c26-23-15-11-21(12-16-23)25(19-7-3-1-4-8-19,20-9-5-2-6-10-20)22-13-17-24(27)18-14-22/h1-10,21-24,26-27H,11-18H2. The van der Waals surface area contributed by atoms with Gasteiger partial charge in [0.25, 0.3) is 0 Å². The summed E-state index contributed by atoms with van der Waals surface area (Å²) in [6.07, 6.45) is 7.63. The van der Waals surface area contributed by atoms with E-state index < -0.39 is 0 Å². The molecule has 2 aliphatic rings. The fraction of sp³-hybridized carbons (Fsp3) is 0.520. The highest BCUT2D eigenvalue weighted by Crippen LogP contribution is 2.54. The molecule has 2 heteroatoms. The van der Waals surface area contributed by atoms with Gasteiger partial charge in [-0.15, -0.1) is 0 Å². The lowest BCUT2D eigenvalue weighted by molar-refractivity contribution is 0.0420. The van der Waals surface area contributed by atoms with Crippen LogP contribution in [0.1, 0.15) is 62.5 Å². The minimum absolute atomic E-state index is 0.0250. The fourth-order valence-corrected chi connectivity index (χ4v) is 5.93. The maximum atomic E-state index is 10.1. The van der Waals surface area contributed by atoms with Crippen molar-refractivity contribution in [3.63, 3.8) is 0 Å². The van der Waals surface area contributed by atoms with Crippen molar-refractivity contribution < 1.29 is 10.2 Å². The van der Waals surface area contributed by atoms with Crippen molar-refractivity contribution in [2.75, 3.05) is 0 Å². The van der Waals surface area contributed by atoms with Gasteiger partial charge in [0, 0.05) is 5.41 Å². The van der Waals surface area contributed by atoms with Gasteiger partial charge in [0.05, 0.1) is 12.2 Å². The quantitative estimate of drug-likeness (QED) is 0.795. The Morgan fingerprint density at radius 3 is 1.19 bits per heavy atom. The van der Waals surface area contributed by atoms with Crippen LogP contribution in [0.15, 0.2) is 60.7 Å². The van der Waals surface area contributed by atoms with Crippen LogP contribution in [0.2, 0.25) is 0 Å². The van der Waals surface area contributed by atoms with Gasteiger partial charge in [0.1, 0.15) is 0 Å². The van der Waals surface area contributed by atoms with Gasteiger partial charge in [0.15, 0.2) is 0 Å². The summed E-state index contributed by atoms with van der Waals surface area (Å²) in [5, 5.41) is 20.3. The third-order valence-corrected chi connectivity index (χ3v) is 7.18. The SMILES string of the molecule is OC1CCC(C(c2ccccc2)(c2ccccc2)C2CCC(O)CC2)CC1. The normalized spacial score (nSPS) is 29.4. The molecule has 27 heavy (non-hydrogen) atoms. The summed E-state index contributed by atoms with van der Waals surface area (Å²) in [5.41, 5.74) is 2.81. The van der Waals surface area contributed by atoms with E-state index in [1.54, 1.807) is 0 Å². The van der Waals surface area contributed by atoms with Crippen molar-refractivity contribution in [3.8, 4) is 0 Å².